The zero-order chi connectivity index (χ0) is 28.0. The molecule has 38 heavy (non-hydrogen) atoms. The number of hydrogen-bond acceptors (Lipinski definition) is 7. The minimum atomic E-state index is -0.890. The number of rotatable bonds is 11. The van der Waals surface area contributed by atoms with Gasteiger partial charge in [0, 0.05) is 59.5 Å². The fraction of sp³-hybridized carbons (Fsp3) is 0.333. The topological polar surface area (TPSA) is 112 Å². The van der Waals surface area contributed by atoms with Crippen molar-refractivity contribution in [3.05, 3.63) is 87.2 Å². The number of ether oxygens (including phenoxy) is 1. The van der Waals surface area contributed by atoms with Crippen LogP contribution >= 0.6 is 31.1 Å². The molecule has 3 rings (SSSR count). The monoisotopic (exact) mass is 574 g/mol. The highest BCUT2D eigenvalue weighted by Crippen LogP contribution is 2.42. The second-order valence-corrected chi connectivity index (χ2v) is 13.0. The fourth-order valence-corrected chi connectivity index (χ4v) is 6.49. The molecule has 0 bridgehead atoms. The van der Waals surface area contributed by atoms with Crippen molar-refractivity contribution in [1.29, 1.82) is 10.7 Å². The van der Waals surface area contributed by atoms with E-state index in [9.17, 15) is 9.65 Å². The summed E-state index contributed by atoms with van der Waals surface area (Å²) in [6, 6.07) is 3.82. The normalized spacial score (nSPS) is 15.2. The maximum Gasteiger partial charge on any atom is 0.147 e. The number of allylic oxidation sites excluding steroid dienone is 4. The summed E-state index contributed by atoms with van der Waals surface area (Å²) in [7, 11) is -0.00705. The average molecular weight is 575 g/mol. The Morgan fingerprint density at radius 1 is 1.32 bits per heavy atom. The van der Waals surface area contributed by atoms with Crippen molar-refractivity contribution in [2.75, 3.05) is 44.2 Å². The number of aromatic nitrogens is 2. The summed E-state index contributed by atoms with van der Waals surface area (Å²) in [4.78, 5) is 10.5. The first kappa shape index (κ1) is 29.6. The first-order valence-corrected chi connectivity index (χ1v) is 14.9. The molecule has 11 heteroatoms. The number of anilines is 1. The maximum absolute atomic E-state index is 13.5. The molecule has 2 aromatic heterocycles. The van der Waals surface area contributed by atoms with Gasteiger partial charge >= 0.3 is 0 Å². The van der Waals surface area contributed by atoms with Gasteiger partial charge in [0.1, 0.15) is 30.9 Å². The average Bonchev–Trinajstić information content (AvgIpc) is 2.86. The van der Waals surface area contributed by atoms with Crippen LogP contribution < -0.4 is 10.6 Å². The predicted molar refractivity (Wildman–Crippen MR) is 154 cm³/mol. The Morgan fingerprint density at radius 2 is 1.97 bits per heavy atom. The lowest BCUT2D eigenvalue weighted by Gasteiger charge is -2.50. The van der Waals surface area contributed by atoms with Gasteiger partial charge in [0.2, 0.25) is 0 Å². The Bertz CT molecular complexity index is 1310. The van der Waals surface area contributed by atoms with Crippen molar-refractivity contribution in [1.82, 2.24) is 9.97 Å². The minimum Gasteiger partial charge on any atom is -0.490 e. The van der Waals surface area contributed by atoms with E-state index in [0.717, 1.165) is 13.1 Å². The van der Waals surface area contributed by atoms with E-state index in [-0.39, 0.29) is 42.7 Å². The summed E-state index contributed by atoms with van der Waals surface area (Å²) in [6.45, 7) is 11.4. The molecule has 7 nitrogen and oxygen atoms in total. The van der Waals surface area contributed by atoms with Crippen LogP contribution in [0.1, 0.15) is 23.6 Å². The van der Waals surface area contributed by atoms with Crippen LogP contribution in [-0.4, -0.2) is 54.9 Å². The molecular formula is C27H30Cl2FN6OP. The van der Waals surface area contributed by atoms with Crippen LogP contribution in [0.3, 0.4) is 0 Å². The Balaban J connectivity index is 1.69. The van der Waals surface area contributed by atoms with E-state index < -0.39 is 6.67 Å². The van der Waals surface area contributed by atoms with E-state index in [0.29, 0.717) is 32.6 Å². The van der Waals surface area contributed by atoms with E-state index >= 15 is 0 Å². The lowest BCUT2D eigenvalue weighted by atomic mass is 9.84. The Labute approximate surface area is 234 Å². The zero-order valence-corrected chi connectivity index (χ0v) is 24.0. The number of nitriles is 1. The molecule has 1 aliphatic rings. The summed E-state index contributed by atoms with van der Waals surface area (Å²) < 4.78 is 19.0. The van der Waals surface area contributed by atoms with E-state index in [2.05, 4.69) is 47.8 Å². The molecule has 0 aliphatic carbocycles. The van der Waals surface area contributed by atoms with Crippen molar-refractivity contribution in [3.63, 3.8) is 0 Å². The van der Waals surface area contributed by atoms with Crippen LogP contribution in [0.25, 0.3) is 0 Å². The molecule has 1 fully saturated rings. The molecule has 0 saturated carbocycles. The number of nitrogens with two attached hydrogens (primary N) is 1. The van der Waals surface area contributed by atoms with Gasteiger partial charge in [-0.3, -0.25) is 10.4 Å². The summed E-state index contributed by atoms with van der Waals surface area (Å²) >= 11 is 12.1. The van der Waals surface area contributed by atoms with Gasteiger partial charge in [-0.15, -0.1) is 7.92 Å². The number of nitrogens with zero attached hydrogens (tertiary/aromatic N) is 4. The smallest absolute Gasteiger partial charge is 0.147 e. The van der Waals surface area contributed by atoms with Crippen LogP contribution in [-0.2, 0) is 11.3 Å². The largest absolute Gasteiger partial charge is 0.490 e. The molecule has 0 unspecified atom stereocenters. The van der Waals surface area contributed by atoms with E-state index in [1.54, 1.807) is 12.3 Å². The predicted octanol–water partition coefficient (Wildman–Crippen LogP) is 6.06. The molecule has 1 saturated heterocycles. The number of pyridine rings is 2. The first-order chi connectivity index (χ1) is 18.0. The van der Waals surface area contributed by atoms with Gasteiger partial charge in [-0.25, -0.2) is 9.37 Å². The molecule has 3 heterocycles. The molecule has 200 valence electrons. The SMILES string of the molecule is C=C(C(=N)c1cnc(N2CC(C)(CP(C)C)C2)c(C#N)c1)/C(N)=C\C=C(/CF)OCc1c(Cl)cncc1Cl. The third-order valence-corrected chi connectivity index (χ3v) is 8.05. The highest BCUT2D eigenvalue weighted by Gasteiger charge is 2.40. The molecule has 0 radical (unpaired) electrons. The molecule has 0 amide bonds. The molecule has 0 spiro atoms. The number of halogens is 3. The fourth-order valence-electron chi connectivity index (χ4n) is 4.29. The van der Waals surface area contributed by atoms with Crippen LogP contribution in [0.5, 0.6) is 0 Å². The number of hydrogen-bond donors (Lipinski definition) is 2. The van der Waals surface area contributed by atoms with Gasteiger partial charge in [0.15, 0.2) is 0 Å². The van der Waals surface area contributed by atoms with Gasteiger partial charge < -0.3 is 15.4 Å². The van der Waals surface area contributed by atoms with Crippen LogP contribution in [0, 0.1) is 22.2 Å². The molecule has 0 atom stereocenters. The Morgan fingerprint density at radius 3 is 2.55 bits per heavy atom. The third-order valence-electron chi connectivity index (χ3n) is 6.00. The lowest BCUT2D eigenvalue weighted by molar-refractivity contribution is 0.177. The van der Waals surface area contributed by atoms with Gasteiger partial charge in [-0.05, 0) is 37.7 Å². The Kier molecular flexibility index (Phi) is 9.89. The van der Waals surface area contributed by atoms with Crippen LogP contribution in [0.4, 0.5) is 10.2 Å². The highest BCUT2D eigenvalue weighted by atomic mass is 35.5. The summed E-state index contributed by atoms with van der Waals surface area (Å²) in [6.07, 6.45) is 8.33. The summed E-state index contributed by atoms with van der Waals surface area (Å²) in [5, 5.41) is 18.9. The minimum absolute atomic E-state index is 0.00530. The first-order valence-electron chi connectivity index (χ1n) is 11.7. The highest BCUT2D eigenvalue weighted by molar-refractivity contribution is 7.56. The van der Waals surface area contributed by atoms with Crippen molar-refractivity contribution in [3.8, 4) is 6.07 Å². The second-order valence-electron chi connectivity index (χ2n) is 9.72. The van der Waals surface area contributed by atoms with Crippen molar-refractivity contribution in [2.24, 2.45) is 11.1 Å². The quantitative estimate of drug-likeness (QED) is 0.146. The van der Waals surface area contributed by atoms with Gasteiger partial charge in [0.05, 0.1) is 21.3 Å². The van der Waals surface area contributed by atoms with Gasteiger partial charge in [0.25, 0.3) is 0 Å². The second kappa shape index (κ2) is 12.7. The van der Waals surface area contributed by atoms with Crippen molar-refractivity contribution < 1.29 is 9.13 Å². The van der Waals surface area contributed by atoms with Crippen molar-refractivity contribution >= 4 is 42.7 Å². The Hall–Kier alpha value is -2.98. The lowest BCUT2D eigenvalue weighted by Crippen LogP contribution is -2.56. The third kappa shape index (κ3) is 7.11. The molecule has 3 N–H and O–H groups in total. The van der Waals surface area contributed by atoms with Crippen LogP contribution in [0.15, 0.2) is 60.4 Å². The standard InChI is InChI=1S/C27H30Cl2FN6OP/c1-17(24(32)6-5-20(8-30)37-13-21-22(28)11-34-12-23(21)29)25(33)19-7-18(9-31)26(35-10-19)36-14-27(2,15-36)16-38(3)4/h5-7,10-12,33H,1,8,13-16,32H2,2-4H3/b20-5+,24-6+,33-25?. The van der Waals surface area contributed by atoms with Gasteiger partial charge in [-0.1, -0.05) is 36.7 Å². The number of nitrogens with one attached hydrogen (secondary N) is 1. The molecule has 0 aromatic carbocycles. The van der Waals surface area contributed by atoms with Crippen molar-refractivity contribution in [2.45, 2.75) is 13.5 Å². The molecule has 1 aliphatic heterocycles. The summed E-state index contributed by atoms with van der Waals surface area (Å²) in [5.41, 5.74) is 7.99. The molecular weight excluding hydrogens is 545 g/mol. The van der Waals surface area contributed by atoms with Crippen LogP contribution in [0.2, 0.25) is 10.0 Å². The summed E-state index contributed by atoms with van der Waals surface area (Å²) in [5.74, 6) is 0.614. The van der Waals surface area contributed by atoms with E-state index in [1.807, 2.05) is 0 Å². The maximum atomic E-state index is 13.5. The van der Waals surface area contributed by atoms with Gasteiger partial charge in [-0.2, -0.15) is 5.26 Å². The van der Waals surface area contributed by atoms with E-state index in [4.69, 9.17) is 39.1 Å². The number of alkyl halides is 1. The zero-order valence-electron chi connectivity index (χ0n) is 21.6. The molecule has 2 aromatic rings. The van der Waals surface area contributed by atoms with E-state index in [1.165, 1.54) is 30.7 Å².